The maximum atomic E-state index is 12.7. The number of nitrogens with zero attached hydrogens (tertiary/aromatic N) is 2. The minimum Gasteiger partial charge on any atom is -0.468 e. The monoisotopic (exact) mass is 832 g/mol. The first-order chi connectivity index (χ1) is 22.3. The molecule has 0 spiro atoms. The third-order valence-electron chi connectivity index (χ3n) is 7.02. The molecule has 4 atom stereocenters. The van der Waals surface area contributed by atoms with Gasteiger partial charge in [0.25, 0.3) is 7.52 Å². The van der Waals surface area contributed by atoms with Gasteiger partial charge in [0.2, 0.25) is 0 Å². The van der Waals surface area contributed by atoms with Crippen LogP contribution >= 0.6 is 45.1 Å². The standard InChI is InChI=1S/C10H22NO4P.C10H22NO3PS.C10H19O5PS2/c1-8(9(12)14-6)11(5)16(13,15-7)10(2,3)4;1-8(9(12)13-6)11(5)15(16,14-7)10(2,3)4;1-8(11)17-6-14-16(13,10(3,4)5)15-7-18-9(2)12/h2*8H,1-7H3;6-7H2,1-5H3. The highest BCUT2D eigenvalue weighted by atomic mass is 32.4. The van der Waals surface area contributed by atoms with Gasteiger partial charge in [0.1, 0.15) is 30.4 Å². The average molecular weight is 833 g/mol. The molecular formula is C30H63N2O12P3S3. The van der Waals surface area contributed by atoms with Crippen molar-refractivity contribution in [3.8, 4) is 0 Å². The van der Waals surface area contributed by atoms with E-state index in [1.165, 1.54) is 39.8 Å². The van der Waals surface area contributed by atoms with Gasteiger partial charge in [-0.1, -0.05) is 44.3 Å². The molecule has 0 aliphatic heterocycles. The number of esters is 2. The van der Waals surface area contributed by atoms with Crippen molar-refractivity contribution in [2.75, 3.05) is 54.4 Å². The van der Waals surface area contributed by atoms with Gasteiger partial charge in [0.15, 0.2) is 10.2 Å². The Morgan fingerprint density at radius 2 is 0.980 bits per heavy atom. The van der Waals surface area contributed by atoms with Crippen LogP contribution in [0.4, 0.5) is 0 Å². The van der Waals surface area contributed by atoms with Crippen molar-refractivity contribution in [2.45, 2.75) is 118 Å². The fourth-order valence-electron chi connectivity index (χ4n) is 3.64. The van der Waals surface area contributed by atoms with Crippen LogP contribution in [0.1, 0.15) is 90.0 Å². The summed E-state index contributed by atoms with van der Waals surface area (Å²) in [6.07, 6.45) is -2.23. The summed E-state index contributed by atoms with van der Waals surface area (Å²) in [6.45, 7) is 22.9. The normalized spacial score (nSPS) is 16.0. The number of hydrogen-bond donors (Lipinski definition) is 0. The molecule has 0 amide bonds. The topological polar surface area (TPSA) is 164 Å². The molecule has 0 fully saturated rings. The molecule has 298 valence electrons. The van der Waals surface area contributed by atoms with E-state index in [-0.39, 0.29) is 33.2 Å². The summed E-state index contributed by atoms with van der Waals surface area (Å²) in [5.74, 6) is -0.759. The van der Waals surface area contributed by atoms with Crippen molar-refractivity contribution in [3.63, 3.8) is 0 Å². The molecule has 0 radical (unpaired) electrons. The fourth-order valence-corrected chi connectivity index (χ4v) is 11.4. The van der Waals surface area contributed by atoms with Crippen LogP contribution in [0.15, 0.2) is 0 Å². The lowest BCUT2D eigenvalue weighted by Crippen LogP contribution is -2.39. The van der Waals surface area contributed by atoms with Crippen molar-refractivity contribution in [1.82, 2.24) is 9.34 Å². The Kier molecular flexibility index (Phi) is 24.8. The van der Waals surface area contributed by atoms with Gasteiger partial charge in [-0.3, -0.25) is 37.4 Å². The van der Waals surface area contributed by atoms with E-state index in [0.717, 1.165) is 23.5 Å². The van der Waals surface area contributed by atoms with Crippen LogP contribution in [0.3, 0.4) is 0 Å². The van der Waals surface area contributed by atoms with Crippen molar-refractivity contribution < 1.29 is 55.9 Å². The van der Waals surface area contributed by atoms with Crippen LogP contribution in [0.5, 0.6) is 0 Å². The molecule has 0 saturated heterocycles. The summed E-state index contributed by atoms with van der Waals surface area (Å²) in [6, 6.07) is -0.995. The van der Waals surface area contributed by atoms with Gasteiger partial charge in [-0.25, -0.2) is 9.34 Å². The first-order valence-electron chi connectivity index (χ1n) is 15.4. The van der Waals surface area contributed by atoms with Crippen LogP contribution in [-0.4, -0.2) is 113 Å². The third-order valence-corrected chi connectivity index (χ3v) is 20.8. The molecule has 0 aromatic heterocycles. The van der Waals surface area contributed by atoms with Crippen molar-refractivity contribution in [2.24, 2.45) is 0 Å². The first kappa shape index (κ1) is 54.2. The molecule has 4 unspecified atom stereocenters. The number of methoxy groups -OCH3 is 2. The zero-order valence-electron chi connectivity index (χ0n) is 33.4. The maximum absolute atomic E-state index is 12.7. The number of thioether (sulfide) groups is 2. The molecule has 0 aromatic rings. The van der Waals surface area contributed by atoms with Crippen LogP contribution in [0, 0.1) is 0 Å². The average Bonchev–Trinajstić information content (AvgIpc) is 3.00. The number of carbonyl (C=O) groups is 4. The molecule has 0 aliphatic carbocycles. The number of rotatable bonds is 14. The van der Waals surface area contributed by atoms with E-state index in [9.17, 15) is 28.3 Å². The lowest BCUT2D eigenvalue weighted by molar-refractivity contribution is -0.145. The van der Waals surface area contributed by atoms with Gasteiger partial charge >= 0.3 is 19.5 Å². The van der Waals surface area contributed by atoms with Gasteiger partial charge in [-0.15, -0.1) is 0 Å². The Morgan fingerprint density at radius 1 is 0.640 bits per heavy atom. The first-order valence-corrected chi connectivity index (χ1v) is 23.2. The molecular weight excluding hydrogens is 769 g/mol. The van der Waals surface area contributed by atoms with E-state index in [4.69, 9.17) is 34.6 Å². The SMILES string of the molecule is CC(=O)SCOP(=O)(OCSC(C)=O)C(C)(C)C.COC(=O)C(C)N(C)P(=O)(OC)C(C)(C)C.COC(=O)C(C)N(C)P(=S)(OC)C(C)(C)C. The highest BCUT2D eigenvalue weighted by molar-refractivity contribution is 8.14. The van der Waals surface area contributed by atoms with Crippen LogP contribution in [0.2, 0.25) is 0 Å². The Hall–Kier alpha value is -0.150. The van der Waals surface area contributed by atoms with E-state index in [1.54, 1.807) is 48.8 Å². The number of hydrogen-bond acceptors (Lipinski definition) is 15. The van der Waals surface area contributed by atoms with E-state index in [0.29, 0.717) is 0 Å². The maximum Gasteiger partial charge on any atom is 0.337 e. The summed E-state index contributed by atoms with van der Waals surface area (Å²) in [7, 11) is 2.68. The predicted molar refractivity (Wildman–Crippen MR) is 210 cm³/mol. The Bertz CT molecular complexity index is 1170. The van der Waals surface area contributed by atoms with Gasteiger partial charge in [-0.2, -0.15) is 0 Å². The van der Waals surface area contributed by atoms with Crippen molar-refractivity contribution in [1.29, 1.82) is 0 Å². The van der Waals surface area contributed by atoms with Crippen molar-refractivity contribution in [3.05, 3.63) is 0 Å². The molecule has 14 nitrogen and oxygen atoms in total. The molecule has 0 heterocycles. The molecule has 0 N–H and O–H groups in total. The smallest absolute Gasteiger partial charge is 0.337 e. The minimum atomic E-state index is -3.36. The lowest BCUT2D eigenvalue weighted by Gasteiger charge is -2.42. The van der Waals surface area contributed by atoms with Gasteiger partial charge in [-0.05, 0) is 81.3 Å². The van der Waals surface area contributed by atoms with Crippen molar-refractivity contribution >= 4 is 79.0 Å². The number of carbonyl (C=O) groups excluding carboxylic acids is 4. The Morgan fingerprint density at radius 3 is 1.20 bits per heavy atom. The van der Waals surface area contributed by atoms with Gasteiger partial charge in [0, 0.05) is 33.2 Å². The van der Waals surface area contributed by atoms with Crippen LogP contribution in [0.25, 0.3) is 0 Å². The van der Waals surface area contributed by atoms with Crippen LogP contribution < -0.4 is 0 Å². The summed E-state index contributed by atoms with van der Waals surface area (Å²) in [4.78, 5) is 44.5. The molecule has 0 saturated carbocycles. The second kappa shape index (κ2) is 22.9. The number of ether oxygens (including phenoxy) is 2. The lowest BCUT2D eigenvalue weighted by atomic mass is 10.3. The van der Waals surface area contributed by atoms with E-state index in [1.807, 2.05) is 53.3 Å². The Labute approximate surface area is 315 Å². The van der Waals surface area contributed by atoms with Gasteiger partial charge in [0.05, 0.1) is 24.5 Å². The molecule has 20 heteroatoms. The zero-order chi connectivity index (χ0) is 40.7. The molecule has 50 heavy (non-hydrogen) atoms. The summed E-state index contributed by atoms with van der Waals surface area (Å²) >= 11 is 7.47. The zero-order valence-corrected chi connectivity index (χ0v) is 38.6. The minimum absolute atomic E-state index is 0.0192. The molecule has 0 bridgehead atoms. The van der Waals surface area contributed by atoms with Gasteiger partial charge < -0.3 is 18.5 Å². The van der Waals surface area contributed by atoms with E-state index in [2.05, 4.69) is 4.74 Å². The fraction of sp³-hybridized carbons (Fsp3) is 0.867. The molecule has 0 aromatic carbocycles. The Balaban J connectivity index is -0.000000664. The van der Waals surface area contributed by atoms with Crippen LogP contribution in [-0.2, 0) is 67.7 Å². The second-order valence-electron chi connectivity index (χ2n) is 13.7. The quantitative estimate of drug-likeness (QED) is 0.0943. The summed E-state index contributed by atoms with van der Waals surface area (Å²) in [5, 5.41) is -1.68. The number of likely N-dealkylation sites (N-methyl/N-ethyl adjacent to an activating group) is 2. The van der Waals surface area contributed by atoms with E-state index >= 15 is 0 Å². The second-order valence-corrected chi connectivity index (χ2v) is 27.0. The highest BCUT2D eigenvalue weighted by Gasteiger charge is 2.45. The highest BCUT2D eigenvalue weighted by Crippen LogP contribution is 2.62. The predicted octanol–water partition coefficient (Wildman–Crippen LogP) is 7.84. The molecule has 0 aliphatic rings. The third kappa shape index (κ3) is 16.9. The van der Waals surface area contributed by atoms with E-state index < -0.39 is 49.9 Å². The summed E-state index contributed by atoms with van der Waals surface area (Å²) in [5.41, 5.74) is 0. The summed E-state index contributed by atoms with van der Waals surface area (Å²) < 4.78 is 59.0. The largest absolute Gasteiger partial charge is 0.468 e. The molecule has 0 rings (SSSR count).